The summed E-state index contributed by atoms with van der Waals surface area (Å²) < 4.78 is 13.2. The van der Waals surface area contributed by atoms with Gasteiger partial charge in [-0.2, -0.15) is 0 Å². The van der Waals surface area contributed by atoms with Crippen LogP contribution >= 0.6 is 0 Å². The van der Waals surface area contributed by atoms with E-state index in [1.165, 1.54) is 12.1 Å². The number of anilines is 1. The van der Waals surface area contributed by atoms with Crippen molar-refractivity contribution in [2.45, 2.75) is 25.7 Å². The minimum atomic E-state index is -0.316. The van der Waals surface area contributed by atoms with Crippen LogP contribution in [0.15, 0.2) is 24.3 Å². The van der Waals surface area contributed by atoms with Gasteiger partial charge in [-0.1, -0.05) is 6.07 Å². The molecule has 104 valence electrons. The number of carbonyl (C=O) groups is 1. The van der Waals surface area contributed by atoms with Crippen molar-refractivity contribution in [2.24, 2.45) is 17.6 Å². The largest absolute Gasteiger partial charge is 0.330 e. The Bertz CT molecular complexity index is 442. The molecule has 0 spiro atoms. The number of hydrogen-bond acceptors (Lipinski definition) is 2. The third-order valence-electron chi connectivity index (χ3n) is 4.06. The molecule has 2 rings (SSSR count). The molecule has 1 aliphatic carbocycles. The van der Waals surface area contributed by atoms with Crippen molar-refractivity contribution < 1.29 is 9.18 Å². The lowest BCUT2D eigenvalue weighted by Crippen LogP contribution is -2.35. The van der Waals surface area contributed by atoms with E-state index < -0.39 is 0 Å². The van der Waals surface area contributed by atoms with Crippen molar-refractivity contribution in [1.29, 1.82) is 0 Å². The molecule has 0 heterocycles. The fraction of sp³-hybridized carbons (Fsp3) is 0.533. The van der Waals surface area contributed by atoms with Crippen LogP contribution < -0.4 is 10.6 Å². The summed E-state index contributed by atoms with van der Waals surface area (Å²) in [4.78, 5) is 13.9. The Morgan fingerprint density at radius 2 is 2.05 bits per heavy atom. The van der Waals surface area contributed by atoms with Crippen LogP contribution in [-0.4, -0.2) is 19.5 Å². The Labute approximate surface area is 113 Å². The Morgan fingerprint density at radius 1 is 1.37 bits per heavy atom. The van der Waals surface area contributed by atoms with Gasteiger partial charge in [-0.25, -0.2) is 4.39 Å². The van der Waals surface area contributed by atoms with Crippen LogP contribution in [0.25, 0.3) is 0 Å². The molecule has 1 aliphatic rings. The Hall–Kier alpha value is -1.42. The van der Waals surface area contributed by atoms with E-state index in [9.17, 15) is 9.18 Å². The molecule has 3 nitrogen and oxygen atoms in total. The van der Waals surface area contributed by atoms with Crippen molar-refractivity contribution in [3.8, 4) is 0 Å². The second-order valence-electron chi connectivity index (χ2n) is 5.33. The van der Waals surface area contributed by atoms with Gasteiger partial charge in [0, 0.05) is 18.7 Å². The van der Waals surface area contributed by atoms with Gasteiger partial charge in [-0.3, -0.25) is 4.79 Å². The van der Waals surface area contributed by atoms with Gasteiger partial charge < -0.3 is 10.6 Å². The van der Waals surface area contributed by atoms with E-state index in [-0.39, 0.29) is 17.6 Å². The van der Waals surface area contributed by atoms with E-state index in [2.05, 4.69) is 0 Å². The number of hydrogen-bond donors (Lipinski definition) is 1. The van der Waals surface area contributed by atoms with Crippen molar-refractivity contribution in [2.75, 3.05) is 18.5 Å². The average Bonchev–Trinajstić information content (AvgIpc) is 2.46. The van der Waals surface area contributed by atoms with Crippen LogP contribution in [0.5, 0.6) is 0 Å². The lowest BCUT2D eigenvalue weighted by molar-refractivity contribution is -0.123. The Kier molecular flexibility index (Phi) is 4.53. The second kappa shape index (κ2) is 6.15. The minimum Gasteiger partial charge on any atom is -0.330 e. The molecule has 2 N–H and O–H groups in total. The van der Waals surface area contributed by atoms with Crippen LogP contribution in [0.4, 0.5) is 10.1 Å². The molecule has 1 fully saturated rings. The predicted molar refractivity (Wildman–Crippen MR) is 74.3 cm³/mol. The van der Waals surface area contributed by atoms with Crippen LogP contribution in [-0.2, 0) is 4.79 Å². The smallest absolute Gasteiger partial charge is 0.229 e. The summed E-state index contributed by atoms with van der Waals surface area (Å²) in [5, 5.41) is 0. The summed E-state index contributed by atoms with van der Waals surface area (Å²) in [6.45, 7) is 0.709. The zero-order chi connectivity index (χ0) is 13.8. The van der Waals surface area contributed by atoms with Gasteiger partial charge in [-0.05, 0) is 56.3 Å². The van der Waals surface area contributed by atoms with E-state index >= 15 is 0 Å². The van der Waals surface area contributed by atoms with Crippen molar-refractivity contribution in [3.63, 3.8) is 0 Å². The summed E-state index contributed by atoms with van der Waals surface area (Å²) in [7, 11) is 1.71. The molecule has 4 heteroatoms. The number of carbonyl (C=O) groups excluding carboxylic acids is 1. The quantitative estimate of drug-likeness (QED) is 0.912. The zero-order valence-corrected chi connectivity index (χ0v) is 11.3. The molecule has 1 aromatic rings. The molecule has 0 bridgehead atoms. The van der Waals surface area contributed by atoms with Gasteiger partial charge in [-0.15, -0.1) is 0 Å². The van der Waals surface area contributed by atoms with E-state index in [1.807, 2.05) is 0 Å². The summed E-state index contributed by atoms with van der Waals surface area (Å²) >= 11 is 0. The van der Waals surface area contributed by atoms with Crippen molar-refractivity contribution in [3.05, 3.63) is 30.1 Å². The van der Waals surface area contributed by atoms with Gasteiger partial charge in [0.25, 0.3) is 0 Å². The molecule has 0 saturated heterocycles. The van der Waals surface area contributed by atoms with Crippen LogP contribution in [0.1, 0.15) is 25.7 Å². The second-order valence-corrected chi connectivity index (χ2v) is 5.33. The van der Waals surface area contributed by atoms with Gasteiger partial charge in [0.2, 0.25) is 5.91 Å². The first kappa shape index (κ1) is 14.0. The third kappa shape index (κ3) is 3.32. The van der Waals surface area contributed by atoms with Crippen LogP contribution in [0.3, 0.4) is 0 Å². The van der Waals surface area contributed by atoms with Gasteiger partial charge in [0.05, 0.1) is 0 Å². The molecule has 0 unspecified atom stereocenters. The summed E-state index contributed by atoms with van der Waals surface area (Å²) in [5.41, 5.74) is 6.27. The number of rotatable bonds is 3. The normalized spacial score (nSPS) is 23.1. The number of amides is 1. The molecule has 1 amide bonds. The highest BCUT2D eigenvalue weighted by Crippen LogP contribution is 2.30. The maximum atomic E-state index is 13.2. The number of benzene rings is 1. The molecule has 0 atom stereocenters. The van der Waals surface area contributed by atoms with Crippen molar-refractivity contribution in [1.82, 2.24) is 0 Å². The zero-order valence-electron chi connectivity index (χ0n) is 11.3. The number of halogens is 1. The topological polar surface area (TPSA) is 46.3 Å². The van der Waals surface area contributed by atoms with Crippen molar-refractivity contribution >= 4 is 11.6 Å². The number of nitrogens with two attached hydrogens (primary N) is 1. The predicted octanol–water partition coefficient (Wildman–Crippen LogP) is 2.55. The lowest BCUT2D eigenvalue weighted by Gasteiger charge is -2.30. The average molecular weight is 264 g/mol. The molecule has 19 heavy (non-hydrogen) atoms. The Balaban J connectivity index is 2.00. The monoisotopic (exact) mass is 264 g/mol. The fourth-order valence-corrected chi connectivity index (χ4v) is 2.73. The van der Waals surface area contributed by atoms with Gasteiger partial charge in [0.1, 0.15) is 5.82 Å². The Morgan fingerprint density at radius 3 is 2.63 bits per heavy atom. The van der Waals surface area contributed by atoms with E-state index in [0.717, 1.165) is 25.7 Å². The summed E-state index contributed by atoms with van der Waals surface area (Å²) in [6, 6.07) is 6.16. The molecule has 0 aromatic heterocycles. The van der Waals surface area contributed by atoms with E-state index in [0.29, 0.717) is 18.2 Å². The molecular formula is C15H21FN2O. The number of nitrogens with zero attached hydrogens (tertiary/aromatic N) is 1. The minimum absolute atomic E-state index is 0.0519. The fourth-order valence-electron chi connectivity index (χ4n) is 2.73. The van der Waals surface area contributed by atoms with Crippen LogP contribution in [0.2, 0.25) is 0 Å². The van der Waals surface area contributed by atoms with Gasteiger partial charge >= 0.3 is 0 Å². The van der Waals surface area contributed by atoms with Gasteiger partial charge in [0.15, 0.2) is 0 Å². The summed E-state index contributed by atoms with van der Waals surface area (Å²) in [5.74, 6) is 0.379. The molecular weight excluding hydrogens is 243 g/mol. The SMILES string of the molecule is CN(C(=O)C1CCC(CN)CC1)c1cccc(F)c1. The third-order valence-corrected chi connectivity index (χ3v) is 4.06. The molecule has 0 aliphatic heterocycles. The molecule has 1 aromatic carbocycles. The molecule has 1 saturated carbocycles. The maximum Gasteiger partial charge on any atom is 0.229 e. The first-order valence-corrected chi connectivity index (χ1v) is 6.85. The first-order valence-electron chi connectivity index (χ1n) is 6.85. The maximum absolute atomic E-state index is 13.2. The molecule has 0 radical (unpaired) electrons. The first-order chi connectivity index (χ1) is 9.11. The summed E-state index contributed by atoms with van der Waals surface area (Å²) in [6.07, 6.45) is 3.81. The van der Waals surface area contributed by atoms with E-state index in [4.69, 9.17) is 5.73 Å². The standard InChI is InChI=1S/C15H21FN2O/c1-18(14-4-2-3-13(16)9-14)15(19)12-7-5-11(10-17)6-8-12/h2-4,9,11-12H,5-8,10,17H2,1H3. The lowest BCUT2D eigenvalue weighted by atomic mass is 9.81. The highest BCUT2D eigenvalue weighted by molar-refractivity contribution is 5.94. The van der Waals surface area contributed by atoms with E-state index in [1.54, 1.807) is 24.1 Å². The highest BCUT2D eigenvalue weighted by Gasteiger charge is 2.28. The highest BCUT2D eigenvalue weighted by atomic mass is 19.1. The van der Waals surface area contributed by atoms with Crippen LogP contribution in [0, 0.1) is 17.7 Å².